The van der Waals surface area contributed by atoms with Crippen molar-refractivity contribution in [2.24, 2.45) is 0 Å². The average Bonchev–Trinajstić information content (AvgIpc) is 2.73. The fraction of sp³-hybridized carbons (Fsp3) is 0.381. The monoisotopic (exact) mass is 470 g/mol. The molecule has 2 aromatic rings. The van der Waals surface area contributed by atoms with Gasteiger partial charge in [-0.15, -0.1) is 0 Å². The third kappa shape index (κ3) is 8.06. The normalized spacial score (nSPS) is 13.1. The van der Waals surface area contributed by atoms with Crippen LogP contribution in [0.25, 0.3) is 0 Å². The van der Waals surface area contributed by atoms with Crippen LogP contribution in [0.2, 0.25) is 0 Å². The minimum absolute atomic E-state index is 0.0202. The molecule has 8 nitrogen and oxygen atoms in total. The van der Waals surface area contributed by atoms with E-state index in [9.17, 15) is 21.6 Å². The molecule has 2 aromatic carbocycles. The van der Waals surface area contributed by atoms with Crippen molar-refractivity contribution in [2.75, 3.05) is 6.61 Å². The lowest BCUT2D eigenvalue weighted by Gasteiger charge is -2.18. The van der Waals surface area contributed by atoms with Crippen molar-refractivity contribution in [3.8, 4) is 0 Å². The minimum atomic E-state index is -4.17. The molecule has 0 aliphatic rings. The van der Waals surface area contributed by atoms with E-state index in [0.717, 1.165) is 0 Å². The van der Waals surface area contributed by atoms with Crippen LogP contribution in [0.4, 0.5) is 0 Å². The standard InChI is InChI=1S/C21H26O8S2/c1-17(2)28-21(22)20(29-31(25,26)19-13-7-4-8-14-19)15-9-10-16-27-30(23,24)18-11-5-3-6-12-18/h3-8,11-14,17,20H,9-10,15-16H2,1-2H3. The highest BCUT2D eigenvalue weighted by Crippen LogP contribution is 2.19. The van der Waals surface area contributed by atoms with Gasteiger partial charge in [-0.25, -0.2) is 4.79 Å². The summed E-state index contributed by atoms with van der Waals surface area (Å²) in [5.74, 6) is -0.799. The predicted octanol–water partition coefficient (Wildman–Crippen LogP) is 3.29. The van der Waals surface area contributed by atoms with Gasteiger partial charge in [-0.2, -0.15) is 16.8 Å². The molecule has 0 aliphatic carbocycles. The summed E-state index contributed by atoms with van der Waals surface area (Å²) >= 11 is 0. The van der Waals surface area contributed by atoms with Crippen LogP contribution in [0.5, 0.6) is 0 Å². The highest BCUT2D eigenvalue weighted by Gasteiger charge is 2.29. The fourth-order valence-corrected chi connectivity index (χ4v) is 4.61. The zero-order chi connectivity index (χ0) is 22.9. The third-order valence-electron chi connectivity index (χ3n) is 4.02. The number of ether oxygens (including phenoxy) is 1. The first kappa shape index (κ1) is 25.0. The van der Waals surface area contributed by atoms with Gasteiger partial charge >= 0.3 is 5.97 Å². The Balaban J connectivity index is 1.95. The van der Waals surface area contributed by atoms with E-state index in [0.29, 0.717) is 0 Å². The number of hydrogen-bond acceptors (Lipinski definition) is 8. The van der Waals surface area contributed by atoms with E-state index < -0.39 is 38.4 Å². The number of benzene rings is 2. The second-order valence-electron chi connectivity index (χ2n) is 6.92. The van der Waals surface area contributed by atoms with Gasteiger partial charge in [0.2, 0.25) is 0 Å². The van der Waals surface area contributed by atoms with Crippen molar-refractivity contribution in [1.82, 2.24) is 0 Å². The molecule has 1 unspecified atom stereocenters. The summed E-state index contributed by atoms with van der Waals surface area (Å²) in [7, 11) is -8.05. The van der Waals surface area contributed by atoms with Gasteiger partial charge in [0.15, 0.2) is 6.10 Å². The summed E-state index contributed by atoms with van der Waals surface area (Å²) in [6, 6.07) is 15.2. The van der Waals surface area contributed by atoms with E-state index in [-0.39, 0.29) is 35.7 Å². The molecule has 0 radical (unpaired) electrons. The lowest BCUT2D eigenvalue weighted by molar-refractivity contribution is -0.156. The Morgan fingerprint density at radius 1 is 0.806 bits per heavy atom. The molecule has 0 saturated heterocycles. The molecular weight excluding hydrogens is 444 g/mol. The summed E-state index contributed by atoms with van der Waals surface area (Å²) < 4.78 is 64.4. The van der Waals surface area contributed by atoms with Gasteiger partial charge < -0.3 is 4.74 Å². The molecule has 31 heavy (non-hydrogen) atoms. The second kappa shape index (κ2) is 11.4. The smallest absolute Gasteiger partial charge is 0.337 e. The number of carbonyl (C=O) groups is 1. The van der Waals surface area contributed by atoms with E-state index in [2.05, 4.69) is 0 Å². The summed E-state index contributed by atoms with van der Waals surface area (Å²) in [4.78, 5) is 12.3. The Hall–Kier alpha value is -2.27. The van der Waals surface area contributed by atoms with Gasteiger partial charge in [-0.3, -0.25) is 8.37 Å². The van der Waals surface area contributed by atoms with Gasteiger partial charge in [0.25, 0.3) is 20.2 Å². The van der Waals surface area contributed by atoms with Crippen molar-refractivity contribution >= 4 is 26.2 Å². The molecule has 0 fully saturated rings. The van der Waals surface area contributed by atoms with Crippen molar-refractivity contribution in [3.63, 3.8) is 0 Å². The molecule has 0 heterocycles. The Morgan fingerprint density at radius 3 is 1.84 bits per heavy atom. The van der Waals surface area contributed by atoms with E-state index in [1.807, 2.05) is 0 Å². The van der Waals surface area contributed by atoms with Gasteiger partial charge in [-0.1, -0.05) is 36.4 Å². The summed E-state index contributed by atoms with van der Waals surface area (Å²) in [6.45, 7) is 3.17. The van der Waals surface area contributed by atoms with Crippen LogP contribution in [-0.2, 0) is 38.1 Å². The van der Waals surface area contributed by atoms with Crippen LogP contribution in [0.15, 0.2) is 70.5 Å². The Bertz CT molecular complexity index is 1030. The fourth-order valence-electron chi connectivity index (χ4n) is 2.56. The Kier molecular flexibility index (Phi) is 9.17. The van der Waals surface area contributed by atoms with Crippen LogP contribution in [-0.4, -0.2) is 41.6 Å². The minimum Gasteiger partial charge on any atom is -0.461 e. The molecule has 170 valence electrons. The van der Waals surface area contributed by atoms with Gasteiger partial charge in [0.05, 0.1) is 22.5 Å². The topological polar surface area (TPSA) is 113 Å². The molecule has 10 heteroatoms. The molecule has 0 aromatic heterocycles. The molecule has 0 aliphatic heterocycles. The first-order chi connectivity index (χ1) is 14.6. The quantitative estimate of drug-likeness (QED) is 0.264. The zero-order valence-corrected chi connectivity index (χ0v) is 19.0. The molecule has 0 N–H and O–H groups in total. The van der Waals surface area contributed by atoms with Gasteiger partial charge in [0, 0.05) is 0 Å². The number of carbonyl (C=O) groups excluding carboxylic acids is 1. The van der Waals surface area contributed by atoms with Gasteiger partial charge in [-0.05, 0) is 57.4 Å². The largest absolute Gasteiger partial charge is 0.461 e. The third-order valence-corrected chi connectivity index (χ3v) is 6.68. The number of unbranched alkanes of at least 4 members (excludes halogenated alkanes) is 1. The molecular formula is C21H26O8S2. The maximum atomic E-state index is 12.5. The van der Waals surface area contributed by atoms with Crippen molar-refractivity contribution in [2.45, 2.75) is 55.1 Å². The molecule has 2 rings (SSSR count). The lowest BCUT2D eigenvalue weighted by Crippen LogP contribution is -2.31. The summed E-state index contributed by atoms with van der Waals surface area (Å²) in [6.07, 6.45) is -1.22. The van der Waals surface area contributed by atoms with E-state index in [1.54, 1.807) is 50.2 Å². The summed E-state index contributed by atoms with van der Waals surface area (Å²) in [5.41, 5.74) is 0. The Labute approximate surface area is 183 Å². The number of hydrogen-bond donors (Lipinski definition) is 0. The van der Waals surface area contributed by atoms with Crippen LogP contribution < -0.4 is 0 Å². The van der Waals surface area contributed by atoms with Crippen LogP contribution in [0.3, 0.4) is 0 Å². The van der Waals surface area contributed by atoms with E-state index in [4.69, 9.17) is 13.1 Å². The van der Waals surface area contributed by atoms with Crippen molar-refractivity contribution in [1.29, 1.82) is 0 Å². The second-order valence-corrected chi connectivity index (χ2v) is 10.1. The highest BCUT2D eigenvalue weighted by molar-refractivity contribution is 7.87. The Morgan fingerprint density at radius 2 is 1.32 bits per heavy atom. The maximum absolute atomic E-state index is 12.5. The van der Waals surface area contributed by atoms with E-state index in [1.165, 1.54) is 24.3 Å². The molecule has 0 bridgehead atoms. The van der Waals surface area contributed by atoms with Crippen LogP contribution in [0.1, 0.15) is 33.1 Å². The van der Waals surface area contributed by atoms with Crippen LogP contribution >= 0.6 is 0 Å². The lowest BCUT2D eigenvalue weighted by atomic mass is 10.1. The molecule has 1 atom stereocenters. The van der Waals surface area contributed by atoms with Crippen molar-refractivity contribution in [3.05, 3.63) is 60.7 Å². The van der Waals surface area contributed by atoms with Gasteiger partial charge in [0.1, 0.15) is 0 Å². The molecule has 0 saturated carbocycles. The SMILES string of the molecule is CC(C)OC(=O)C(CCCCOS(=O)(=O)c1ccccc1)OS(=O)(=O)c1ccccc1. The molecule has 0 spiro atoms. The van der Waals surface area contributed by atoms with E-state index >= 15 is 0 Å². The van der Waals surface area contributed by atoms with Crippen LogP contribution in [0, 0.1) is 0 Å². The first-order valence-corrected chi connectivity index (χ1v) is 12.6. The summed E-state index contributed by atoms with van der Waals surface area (Å²) in [5, 5.41) is 0. The number of rotatable bonds is 12. The predicted molar refractivity (Wildman–Crippen MR) is 113 cm³/mol. The average molecular weight is 471 g/mol. The first-order valence-electron chi connectivity index (χ1n) is 9.75. The number of esters is 1. The highest BCUT2D eigenvalue weighted by atomic mass is 32.2. The zero-order valence-electron chi connectivity index (χ0n) is 17.3. The maximum Gasteiger partial charge on any atom is 0.337 e. The molecule has 0 amide bonds. The van der Waals surface area contributed by atoms with Crippen molar-refractivity contribution < 1.29 is 34.7 Å².